The Morgan fingerprint density at radius 2 is 1.88 bits per heavy atom. The average molecular weight is 475 g/mol. The van der Waals surface area contributed by atoms with Gasteiger partial charge in [0.05, 0.1) is 19.3 Å². The molecule has 1 amide bonds. The third-order valence-corrected chi connectivity index (χ3v) is 6.24. The fourth-order valence-corrected chi connectivity index (χ4v) is 4.57. The number of Topliss-reactive ketones (excluding diaryl/α,β-unsaturated/α-hetero) is 1. The third-order valence-electron chi connectivity index (χ3n) is 5.99. The van der Waals surface area contributed by atoms with Crippen LogP contribution in [0.2, 0.25) is 5.02 Å². The molecule has 2 aromatic rings. The number of halogens is 1. The van der Waals surface area contributed by atoms with Crippen LogP contribution in [0.1, 0.15) is 69.2 Å². The fraction of sp³-hybridized carbons (Fsp3) is 0.480. The molecule has 3 rings (SSSR count). The van der Waals surface area contributed by atoms with Crippen molar-refractivity contribution in [3.05, 3.63) is 57.4 Å². The van der Waals surface area contributed by atoms with Crippen molar-refractivity contribution in [1.29, 1.82) is 0 Å². The van der Waals surface area contributed by atoms with E-state index in [1.54, 1.807) is 42.7 Å². The maximum atomic E-state index is 13.5. The van der Waals surface area contributed by atoms with E-state index in [1.165, 1.54) is 4.90 Å². The van der Waals surface area contributed by atoms with Crippen LogP contribution in [0.15, 0.2) is 24.3 Å². The minimum Gasteiger partial charge on any atom is -0.461 e. The Kier molecular flexibility index (Phi) is 8.32. The molecule has 1 fully saturated rings. The molecule has 178 valence electrons. The Hall–Kier alpha value is -2.64. The van der Waals surface area contributed by atoms with Gasteiger partial charge >= 0.3 is 5.97 Å². The van der Waals surface area contributed by atoms with Gasteiger partial charge in [0.1, 0.15) is 5.69 Å². The van der Waals surface area contributed by atoms with Crippen LogP contribution in [-0.4, -0.2) is 59.5 Å². The lowest BCUT2D eigenvalue weighted by molar-refractivity contribution is 0.0505. The summed E-state index contributed by atoms with van der Waals surface area (Å²) in [5, 5.41) is 0.534. The molecular weight excluding hydrogens is 444 g/mol. The maximum Gasteiger partial charge on any atom is 0.355 e. The second kappa shape index (κ2) is 11.0. The molecule has 2 heterocycles. The molecule has 1 saturated heterocycles. The Morgan fingerprint density at radius 1 is 1.18 bits per heavy atom. The van der Waals surface area contributed by atoms with Crippen LogP contribution < -0.4 is 0 Å². The molecule has 0 spiro atoms. The highest BCUT2D eigenvalue weighted by molar-refractivity contribution is 6.30. The summed E-state index contributed by atoms with van der Waals surface area (Å²) >= 11 is 5.97. The second-order valence-electron chi connectivity index (χ2n) is 8.15. The minimum atomic E-state index is -0.451. The summed E-state index contributed by atoms with van der Waals surface area (Å²) < 4.78 is 12.7. The van der Waals surface area contributed by atoms with Crippen LogP contribution in [-0.2, 0) is 16.0 Å². The first-order chi connectivity index (χ1) is 15.8. The van der Waals surface area contributed by atoms with Crippen molar-refractivity contribution in [2.75, 3.05) is 26.3 Å². The van der Waals surface area contributed by atoms with Gasteiger partial charge in [-0.2, -0.15) is 0 Å². The van der Waals surface area contributed by atoms with E-state index in [4.69, 9.17) is 21.1 Å². The van der Waals surface area contributed by atoms with Gasteiger partial charge in [-0.1, -0.05) is 11.6 Å². The quantitative estimate of drug-likeness (QED) is 0.396. The van der Waals surface area contributed by atoms with Gasteiger partial charge < -0.3 is 18.9 Å². The van der Waals surface area contributed by atoms with Crippen molar-refractivity contribution in [1.82, 2.24) is 9.47 Å². The SMILES string of the molecule is CCOC(=O)c1c(C)c(C(=O)CN(C[C@H]2CCCO2)C(=O)c2ccc(Cl)cc2)c(C)n1CC. The summed E-state index contributed by atoms with van der Waals surface area (Å²) in [6.07, 6.45) is 1.67. The number of hydrogen-bond acceptors (Lipinski definition) is 5. The van der Waals surface area contributed by atoms with Gasteiger partial charge in [0.25, 0.3) is 5.91 Å². The van der Waals surface area contributed by atoms with Crippen molar-refractivity contribution in [3.8, 4) is 0 Å². The number of benzene rings is 1. The van der Waals surface area contributed by atoms with E-state index < -0.39 is 5.97 Å². The predicted octanol–water partition coefficient (Wildman–Crippen LogP) is 4.46. The van der Waals surface area contributed by atoms with Crippen LogP contribution >= 0.6 is 11.6 Å². The van der Waals surface area contributed by atoms with E-state index in [2.05, 4.69) is 0 Å². The van der Waals surface area contributed by atoms with Crippen LogP contribution in [0.3, 0.4) is 0 Å². The molecule has 0 aliphatic carbocycles. The standard InChI is InChI=1S/C25H31ClN2O5/c1-5-28-17(4)22(16(3)23(28)25(31)32-6-2)21(29)15-27(14-20-8-7-13-33-20)24(30)18-9-11-19(26)12-10-18/h9-12,20H,5-8,13-15H2,1-4H3/t20-/m1/s1. The van der Waals surface area contributed by atoms with Gasteiger partial charge in [0.15, 0.2) is 5.78 Å². The molecule has 7 nitrogen and oxygen atoms in total. The van der Waals surface area contributed by atoms with Crippen LogP contribution in [0.25, 0.3) is 0 Å². The molecule has 1 aliphatic heterocycles. The summed E-state index contributed by atoms with van der Waals surface area (Å²) in [6, 6.07) is 6.62. The third kappa shape index (κ3) is 5.47. The van der Waals surface area contributed by atoms with E-state index in [-0.39, 0.29) is 30.9 Å². The van der Waals surface area contributed by atoms with Crippen molar-refractivity contribution in [2.24, 2.45) is 0 Å². The Balaban J connectivity index is 1.92. The number of nitrogens with zero attached hydrogens (tertiary/aromatic N) is 2. The van der Waals surface area contributed by atoms with E-state index >= 15 is 0 Å². The lowest BCUT2D eigenvalue weighted by Gasteiger charge is -2.25. The normalized spacial score (nSPS) is 15.5. The smallest absolute Gasteiger partial charge is 0.355 e. The van der Waals surface area contributed by atoms with Crippen molar-refractivity contribution in [2.45, 2.75) is 53.2 Å². The molecule has 0 N–H and O–H groups in total. The van der Waals surface area contributed by atoms with E-state index in [0.29, 0.717) is 52.8 Å². The summed E-state index contributed by atoms with van der Waals surface area (Å²) in [4.78, 5) is 40.9. The first kappa shape index (κ1) is 25.0. The van der Waals surface area contributed by atoms with Crippen LogP contribution in [0.5, 0.6) is 0 Å². The molecule has 0 unspecified atom stereocenters. The highest BCUT2D eigenvalue weighted by Crippen LogP contribution is 2.25. The Morgan fingerprint density at radius 3 is 2.45 bits per heavy atom. The number of ether oxygens (including phenoxy) is 2. The monoisotopic (exact) mass is 474 g/mol. The first-order valence-electron chi connectivity index (χ1n) is 11.3. The fourth-order valence-electron chi connectivity index (χ4n) is 4.44. The number of aromatic nitrogens is 1. The van der Waals surface area contributed by atoms with Gasteiger partial charge in [0, 0.05) is 41.5 Å². The van der Waals surface area contributed by atoms with Crippen molar-refractivity contribution >= 4 is 29.3 Å². The molecule has 0 saturated carbocycles. The summed E-state index contributed by atoms with van der Waals surface area (Å²) in [5.41, 5.74) is 2.57. The molecule has 1 aromatic heterocycles. The number of ketones is 1. The van der Waals surface area contributed by atoms with E-state index in [0.717, 1.165) is 12.8 Å². The molecule has 8 heteroatoms. The molecule has 1 aliphatic rings. The predicted molar refractivity (Wildman–Crippen MR) is 126 cm³/mol. The van der Waals surface area contributed by atoms with E-state index in [1.807, 2.05) is 13.8 Å². The first-order valence-corrected chi connectivity index (χ1v) is 11.7. The number of amides is 1. The Bertz CT molecular complexity index is 1020. The summed E-state index contributed by atoms with van der Waals surface area (Å²) in [5.74, 6) is -0.929. The van der Waals surface area contributed by atoms with Gasteiger partial charge in [0.2, 0.25) is 0 Å². The molecule has 1 aromatic carbocycles. The van der Waals surface area contributed by atoms with Gasteiger partial charge in [-0.05, 0) is 70.4 Å². The van der Waals surface area contributed by atoms with Gasteiger partial charge in [-0.15, -0.1) is 0 Å². The number of hydrogen-bond donors (Lipinski definition) is 0. The molecule has 33 heavy (non-hydrogen) atoms. The van der Waals surface area contributed by atoms with Crippen LogP contribution in [0.4, 0.5) is 0 Å². The van der Waals surface area contributed by atoms with Gasteiger partial charge in [-0.25, -0.2) is 4.79 Å². The number of esters is 1. The topological polar surface area (TPSA) is 77.8 Å². The Labute approximate surface area is 199 Å². The van der Waals surface area contributed by atoms with Crippen molar-refractivity contribution in [3.63, 3.8) is 0 Å². The largest absolute Gasteiger partial charge is 0.461 e. The van der Waals surface area contributed by atoms with Gasteiger partial charge in [-0.3, -0.25) is 9.59 Å². The number of rotatable bonds is 9. The summed E-state index contributed by atoms with van der Waals surface area (Å²) in [6.45, 7) is 8.87. The highest BCUT2D eigenvalue weighted by Gasteiger charge is 2.30. The zero-order valence-corrected chi connectivity index (χ0v) is 20.4. The van der Waals surface area contributed by atoms with Crippen LogP contribution in [0, 0.1) is 13.8 Å². The van der Waals surface area contributed by atoms with E-state index in [9.17, 15) is 14.4 Å². The average Bonchev–Trinajstić information content (AvgIpc) is 3.38. The molecule has 1 atom stereocenters. The molecular formula is C25H31ClN2O5. The summed E-state index contributed by atoms with van der Waals surface area (Å²) in [7, 11) is 0. The second-order valence-corrected chi connectivity index (χ2v) is 8.59. The number of carbonyl (C=O) groups excluding carboxylic acids is 3. The van der Waals surface area contributed by atoms with Crippen molar-refractivity contribution < 1.29 is 23.9 Å². The number of carbonyl (C=O) groups is 3. The minimum absolute atomic E-state index is 0.105. The maximum absolute atomic E-state index is 13.5. The zero-order valence-electron chi connectivity index (χ0n) is 19.7. The molecule has 0 radical (unpaired) electrons. The lowest BCUT2D eigenvalue weighted by Crippen LogP contribution is -2.41. The zero-order chi connectivity index (χ0) is 24.1. The highest BCUT2D eigenvalue weighted by atomic mass is 35.5. The molecule has 0 bridgehead atoms. The lowest BCUT2D eigenvalue weighted by atomic mass is 10.0.